The van der Waals surface area contributed by atoms with E-state index < -0.39 is 0 Å². The van der Waals surface area contributed by atoms with Gasteiger partial charge in [0.15, 0.2) is 0 Å². The fraction of sp³-hybridized carbons (Fsp3) is 0.889. The summed E-state index contributed by atoms with van der Waals surface area (Å²) in [6.07, 6.45) is 3.04. The van der Waals surface area contributed by atoms with Gasteiger partial charge in [-0.15, -0.1) is 0 Å². The third kappa shape index (κ3) is 35.0. The van der Waals surface area contributed by atoms with Crippen LogP contribution in [0.15, 0.2) is 0 Å². The van der Waals surface area contributed by atoms with Crippen molar-refractivity contribution in [3.05, 3.63) is 0 Å². The van der Waals surface area contributed by atoms with Gasteiger partial charge >= 0.3 is 11.9 Å². The summed E-state index contributed by atoms with van der Waals surface area (Å²) >= 11 is 0. The van der Waals surface area contributed by atoms with Crippen LogP contribution in [0.4, 0.5) is 0 Å². The molecule has 0 aromatic rings. The predicted octanol–water partition coefficient (Wildman–Crippen LogP) is 2.46. The van der Waals surface area contributed by atoms with E-state index in [0.717, 1.165) is 12.8 Å². The molecular weight excluding hydrogens is 328 g/mol. The molecule has 0 aromatic carbocycles. The van der Waals surface area contributed by atoms with Crippen LogP contribution in [0, 0.1) is 0 Å². The Bertz CT molecular complexity index is 263. The van der Waals surface area contributed by atoms with Crippen molar-refractivity contribution in [3.63, 3.8) is 0 Å². The highest BCUT2D eigenvalue weighted by atomic mass is 16.5. The lowest BCUT2D eigenvalue weighted by molar-refractivity contribution is -0.145. The molecule has 0 aromatic heterocycles. The zero-order valence-corrected chi connectivity index (χ0v) is 16.7. The van der Waals surface area contributed by atoms with E-state index in [1.807, 2.05) is 27.7 Å². The van der Waals surface area contributed by atoms with Crippen LogP contribution < -0.4 is 0 Å². The molecule has 152 valence electrons. The Morgan fingerprint density at radius 3 is 1.24 bits per heavy atom. The van der Waals surface area contributed by atoms with Gasteiger partial charge in [-0.25, -0.2) is 0 Å². The van der Waals surface area contributed by atoms with Crippen LogP contribution in [-0.2, 0) is 23.8 Å². The van der Waals surface area contributed by atoms with Crippen molar-refractivity contribution < 1.29 is 34.0 Å². The van der Waals surface area contributed by atoms with E-state index in [1.54, 1.807) is 13.8 Å². The molecule has 25 heavy (non-hydrogen) atoms. The van der Waals surface area contributed by atoms with Crippen LogP contribution in [0.3, 0.4) is 0 Å². The Labute approximate surface area is 152 Å². The van der Waals surface area contributed by atoms with Gasteiger partial charge in [-0.3, -0.25) is 9.59 Å². The van der Waals surface area contributed by atoms with Gasteiger partial charge in [-0.2, -0.15) is 0 Å². The zero-order valence-electron chi connectivity index (χ0n) is 16.7. The molecule has 0 aliphatic heterocycles. The van der Waals surface area contributed by atoms with E-state index in [1.165, 1.54) is 0 Å². The largest absolute Gasteiger partial charge is 0.466 e. The molecule has 7 heteroatoms. The number of aliphatic hydroxyl groups is 2. The van der Waals surface area contributed by atoms with E-state index in [4.69, 9.17) is 24.4 Å². The lowest BCUT2D eigenvalue weighted by atomic mass is 10.3. The molecule has 7 nitrogen and oxygen atoms in total. The summed E-state index contributed by atoms with van der Waals surface area (Å²) in [6.45, 7) is 12.3. The van der Waals surface area contributed by atoms with Crippen molar-refractivity contribution in [2.24, 2.45) is 0 Å². The van der Waals surface area contributed by atoms with Gasteiger partial charge < -0.3 is 24.4 Å². The third-order valence-electron chi connectivity index (χ3n) is 2.29. The molecule has 0 radical (unpaired) electrons. The first-order valence-electron chi connectivity index (χ1n) is 8.93. The molecule has 0 aliphatic rings. The summed E-state index contributed by atoms with van der Waals surface area (Å²) < 4.78 is 14.9. The Kier molecular flexibility index (Phi) is 26.1. The maximum absolute atomic E-state index is 10.7. The molecule has 0 saturated heterocycles. The highest BCUT2D eigenvalue weighted by Gasteiger charge is 1.99. The van der Waals surface area contributed by atoms with Gasteiger partial charge in [0.25, 0.3) is 0 Å². The van der Waals surface area contributed by atoms with Gasteiger partial charge in [0.1, 0.15) is 0 Å². The van der Waals surface area contributed by atoms with E-state index >= 15 is 0 Å². The maximum atomic E-state index is 10.7. The zero-order chi connectivity index (χ0) is 20.1. The number of ether oxygens (including phenoxy) is 3. The molecule has 0 atom stereocenters. The maximum Gasteiger partial charge on any atom is 0.305 e. The minimum atomic E-state index is -0.185. The average molecular weight is 366 g/mol. The fourth-order valence-electron chi connectivity index (χ4n) is 1.32. The summed E-state index contributed by atoms with van der Waals surface area (Å²) in [6, 6.07) is 0. The van der Waals surface area contributed by atoms with Gasteiger partial charge in [0.2, 0.25) is 0 Å². The number of hydrogen-bond donors (Lipinski definition) is 2. The van der Waals surface area contributed by atoms with Crippen LogP contribution in [0.1, 0.15) is 67.2 Å². The second kappa shape index (κ2) is 22.8. The van der Waals surface area contributed by atoms with Crippen LogP contribution in [0.25, 0.3) is 0 Å². The lowest BCUT2D eigenvalue weighted by Crippen LogP contribution is -2.09. The SMILES string of the molecule is CC(C)OC(C)C.CCC(=O)OCCCCOC(=O)CC.OCCO. The second-order valence-corrected chi connectivity index (χ2v) is 5.54. The van der Waals surface area contributed by atoms with E-state index in [2.05, 4.69) is 0 Å². The summed E-state index contributed by atoms with van der Waals surface area (Å²) in [5.41, 5.74) is 0. The van der Waals surface area contributed by atoms with Crippen molar-refractivity contribution >= 4 is 11.9 Å². The Balaban J connectivity index is -0.000000365. The first kappa shape index (κ1) is 28.6. The minimum absolute atomic E-state index is 0.125. The second-order valence-electron chi connectivity index (χ2n) is 5.54. The molecule has 0 aliphatic carbocycles. The number of esters is 2. The van der Waals surface area contributed by atoms with E-state index in [9.17, 15) is 9.59 Å². The Morgan fingerprint density at radius 1 is 0.760 bits per heavy atom. The summed E-state index contributed by atoms with van der Waals surface area (Å²) in [5.74, 6) is -0.369. The molecule has 0 unspecified atom stereocenters. The topological polar surface area (TPSA) is 102 Å². The molecule has 0 bridgehead atoms. The molecular formula is C18H38O7. The molecule has 0 heterocycles. The molecule has 0 rings (SSSR count). The van der Waals surface area contributed by atoms with Gasteiger partial charge in [-0.1, -0.05) is 13.8 Å². The molecule has 2 N–H and O–H groups in total. The predicted molar refractivity (Wildman–Crippen MR) is 97.3 cm³/mol. The van der Waals surface area contributed by atoms with Crippen LogP contribution in [-0.4, -0.2) is 60.8 Å². The van der Waals surface area contributed by atoms with Gasteiger partial charge in [0.05, 0.1) is 38.6 Å². The van der Waals surface area contributed by atoms with Crippen molar-refractivity contribution in [2.75, 3.05) is 26.4 Å². The Hall–Kier alpha value is -1.18. The van der Waals surface area contributed by atoms with Crippen LogP contribution in [0.2, 0.25) is 0 Å². The number of rotatable bonds is 10. The molecule has 0 amide bonds. The van der Waals surface area contributed by atoms with Crippen molar-refractivity contribution in [3.8, 4) is 0 Å². The van der Waals surface area contributed by atoms with Gasteiger partial charge in [-0.05, 0) is 40.5 Å². The normalized spacial score (nSPS) is 9.68. The standard InChI is InChI=1S/C10H18O4.C6H14O.C2H6O2/c1-3-9(11)13-7-5-6-8-14-10(12)4-2;1-5(2)7-6(3)4;3-1-2-4/h3-8H2,1-2H3;5-6H,1-4H3;3-4H,1-2H2. The minimum Gasteiger partial charge on any atom is -0.466 e. The number of aliphatic hydroxyl groups excluding tert-OH is 2. The third-order valence-corrected chi connectivity index (χ3v) is 2.29. The highest BCUT2D eigenvalue weighted by molar-refractivity contribution is 5.69. The highest BCUT2D eigenvalue weighted by Crippen LogP contribution is 1.95. The molecule has 0 fully saturated rings. The fourth-order valence-corrected chi connectivity index (χ4v) is 1.32. The van der Waals surface area contributed by atoms with Crippen molar-refractivity contribution in [2.45, 2.75) is 79.4 Å². The van der Waals surface area contributed by atoms with Crippen LogP contribution in [0.5, 0.6) is 0 Å². The molecule has 0 spiro atoms. The van der Waals surface area contributed by atoms with Crippen LogP contribution >= 0.6 is 0 Å². The van der Waals surface area contributed by atoms with E-state index in [-0.39, 0.29) is 25.2 Å². The van der Waals surface area contributed by atoms with Crippen molar-refractivity contribution in [1.29, 1.82) is 0 Å². The number of carbonyl (C=O) groups is 2. The first-order chi connectivity index (χ1) is 11.7. The quantitative estimate of drug-likeness (QED) is 0.452. The number of carbonyl (C=O) groups excluding carboxylic acids is 2. The van der Waals surface area contributed by atoms with E-state index in [0.29, 0.717) is 38.3 Å². The summed E-state index contributed by atoms with van der Waals surface area (Å²) in [4.78, 5) is 21.4. The lowest BCUT2D eigenvalue weighted by Gasteiger charge is -2.09. The van der Waals surface area contributed by atoms with Gasteiger partial charge in [0, 0.05) is 12.8 Å². The smallest absolute Gasteiger partial charge is 0.305 e. The average Bonchev–Trinajstić information content (AvgIpc) is 2.56. The first-order valence-corrected chi connectivity index (χ1v) is 8.93. The summed E-state index contributed by atoms with van der Waals surface area (Å²) in [5, 5.41) is 15.2. The van der Waals surface area contributed by atoms with Crippen molar-refractivity contribution in [1.82, 2.24) is 0 Å². The summed E-state index contributed by atoms with van der Waals surface area (Å²) in [7, 11) is 0. The molecule has 0 saturated carbocycles. The Morgan fingerprint density at radius 2 is 1.08 bits per heavy atom. The monoisotopic (exact) mass is 366 g/mol. The number of hydrogen-bond acceptors (Lipinski definition) is 7. The number of unbranched alkanes of at least 4 members (excludes halogenated alkanes) is 1.